The number of halogens is 1. The summed E-state index contributed by atoms with van der Waals surface area (Å²) in [5.41, 5.74) is 0. The minimum absolute atomic E-state index is 0.606. The van der Waals surface area contributed by atoms with E-state index in [1.54, 1.807) is 0 Å². The molecule has 2 radical (unpaired) electrons. The van der Waals surface area contributed by atoms with Gasteiger partial charge in [-0.05, 0) is 0 Å². The van der Waals surface area contributed by atoms with Gasteiger partial charge in [0, 0.05) is 0 Å². The van der Waals surface area contributed by atoms with E-state index < -0.39 is 20.2 Å². The summed E-state index contributed by atoms with van der Waals surface area (Å²) >= 11 is 1.63. The molecule has 0 aromatic heterocycles. The molecule has 0 rings (SSSR count). The average molecular weight is 378 g/mol. The standard InChI is InChI=1S/CH3NO.HI.Pb/c2-1-3;;/h1H,(H2,2,3);1H;/q;;+2/p-2. The van der Waals surface area contributed by atoms with Crippen molar-refractivity contribution in [3.8, 4) is 0 Å². The molecule has 0 fully saturated rings. The Morgan fingerprint density at radius 2 is 2.60 bits per heavy atom. The zero-order valence-corrected chi connectivity index (χ0v) is 8.41. The number of hydrogen-bond donors (Lipinski definition) is 1. The van der Waals surface area contributed by atoms with E-state index >= 15 is 0 Å². The Bertz CT molecular complexity index is 32.8. The number of hydrogen-bond acceptors (Lipinski definition) is 1. The molecule has 0 aromatic rings. The molecule has 0 aliphatic carbocycles. The summed E-state index contributed by atoms with van der Waals surface area (Å²) in [7, 11) is 0. The molecule has 0 aliphatic heterocycles. The van der Waals surface area contributed by atoms with Gasteiger partial charge in [-0.15, -0.1) is 0 Å². The molecule has 0 saturated heterocycles. The number of rotatable bonds is 2. The van der Waals surface area contributed by atoms with Gasteiger partial charge < -0.3 is 0 Å². The first-order valence-electron chi connectivity index (χ1n) is 0.963. The molecule has 0 heterocycles. The topological polar surface area (TPSA) is 29.1 Å². The van der Waals surface area contributed by atoms with Gasteiger partial charge in [0.05, 0.1) is 0 Å². The molecule has 0 spiro atoms. The molecule has 28 valence electrons. The maximum absolute atomic E-state index is 9.34. The Morgan fingerprint density at radius 1 is 2.00 bits per heavy atom. The van der Waals surface area contributed by atoms with Crippen LogP contribution in [-0.4, -0.2) is 26.7 Å². The Hall–Kier alpha value is 1.12. The second-order valence-corrected chi connectivity index (χ2v) is 6.95. The summed E-state index contributed by atoms with van der Waals surface area (Å²) in [6.07, 6.45) is 0.759. The van der Waals surface area contributed by atoms with Gasteiger partial charge in [-0.1, -0.05) is 0 Å². The zero-order chi connectivity index (χ0) is 4.12. The van der Waals surface area contributed by atoms with Crippen LogP contribution in [0, 0.1) is 0 Å². The summed E-state index contributed by atoms with van der Waals surface area (Å²) in [6, 6.07) is 0. The average Bonchev–Trinajstić information content (AvgIpc) is 1.41. The van der Waals surface area contributed by atoms with Crippen LogP contribution in [0.3, 0.4) is 0 Å². The fourth-order valence-corrected chi connectivity index (χ4v) is 1.31. The summed E-state index contributed by atoms with van der Waals surface area (Å²) in [5, 5.41) is 0. The van der Waals surface area contributed by atoms with Crippen LogP contribution in [0.5, 0.6) is 0 Å². The van der Waals surface area contributed by atoms with Gasteiger partial charge in [-0.3, -0.25) is 0 Å². The molecular weight excluding hydrogens is 376 g/mol. The number of carbonyl (C=O) groups is 1. The molecule has 1 N–H and O–H groups in total. The van der Waals surface area contributed by atoms with Crippen molar-refractivity contribution >= 4 is 44.4 Å². The van der Waals surface area contributed by atoms with Crippen molar-refractivity contribution in [2.75, 3.05) is 0 Å². The van der Waals surface area contributed by atoms with E-state index in [1.165, 1.54) is 0 Å². The molecule has 2 nitrogen and oxygen atoms in total. The van der Waals surface area contributed by atoms with Gasteiger partial charge in [0.25, 0.3) is 0 Å². The van der Waals surface area contributed by atoms with Gasteiger partial charge in [0.2, 0.25) is 0 Å². The SMILES string of the molecule is O=C[NH][Pb][I]. The molecule has 0 aliphatic rings. The van der Waals surface area contributed by atoms with Crippen molar-refractivity contribution in [2.45, 2.75) is 0 Å². The van der Waals surface area contributed by atoms with E-state index in [0.29, 0.717) is 0 Å². The summed E-state index contributed by atoms with van der Waals surface area (Å²) in [6.45, 7) is 0. The van der Waals surface area contributed by atoms with Gasteiger partial charge in [0.15, 0.2) is 0 Å². The molecular formula is CH2INOPb. The maximum atomic E-state index is 9.34. The van der Waals surface area contributed by atoms with Crippen molar-refractivity contribution in [1.29, 1.82) is 0 Å². The first-order valence-corrected chi connectivity index (χ1v) is 13.8. The number of amides is 1. The Kier molecular flexibility index (Phi) is 6.27. The van der Waals surface area contributed by atoms with Gasteiger partial charge in [0.1, 0.15) is 0 Å². The monoisotopic (exact) mass is 379 g/mol. The second-order valence-electron chi connectivity index (χ2n) is 0.357. The summed E-state index contributed by atoms with van der Waals surface area (Å²) in [4.78, 5) is 9.34. The fraction of sp³-hybridized carbons (Fsp3) is 0. The molecule has 1 amide bonds. The fourth-order valence-electron chi connectivity index (χ4n) is 0.0223. The second kappa shape index (κ2) is 5.12. The summed E-state index contributed by atoms with van der Waals surface area (Å²) < 4.78 is 2.61. The van der Waals surface area contributed by atoms with Crippen LogP contribution in [0.15, 0.2) is 0 Å². The third-order valence-electron chi connectivity index (χ3n) is 0.113. The van der Waals surface area contributed by atoms with Crippen LogP contribution in [0.1, 0.15) is 0 Å². The van der Waals surface area contributed by atoms with E-state index in [9.17, 15) is 4.79 Å². The van der Waals surface area contributed by atoms with Crippen molar-refractivity contribution in [1.82, 2.24) is 3.13 Å². The van der Waals surface area contributed by atoms with Gasteiger partial charge in [-0.2, -0.15) is 0 Å². The first-order chi connectivity index (χ1) is 2.41. The van der Waals surface area contributed by atoms with Crippen LogP contribution in [-0.2, 0) is 4.79 Å². The molecule has 4 heteroatoms. The van der Waals surface area contributed by atoms with Gasteiger partial charge in [-0.25, -0.2) is 0 Å². The third kappa shape index (κ3) is 5.12. The molecule has 0 atom stereocenters. The van der Waals surface area contributed by atoms with Crippen molar-refractivity contribution in [2.24, 2.45) is 0 Å². The first kappa shape index (κ1) is 6.12. The molecule has 0 saturated carbocycles. The van der Waals surface area contributed by atoms with Crippen LogP contribution in [0.25, 0.3) is 0 Å². The zero-order valence-electron chi connectivity index (χ0n) is 2.36. The van der Waals surface area contributed by atoms with Crippen LogP contribution >= 0.6 is 17.8 Å². The van der Waals surface area contributed by atoms with Crippen molar-refractivity contribution in [3.63, 3.8) is 0 Å². The van der Waals surface area contributed by atoms with Crippen LogP contribution < -0.4 is 3.13 Å². The molecule has 0 bridgehead atoms. The third-order valence-corrected chi connectivity index (χ3v) is 3.73. The Labute approximate surface area is 51.8 Å². The van der Waals surface area contributed by atoms with Crippen LogP contribution in [0.2, 0.25) is 0 Å². The van der Waals surface area contributed by atoms with E-state index in [4.69, 9.17) is 0 Å². The Morgan fingerprint density at radius 3 is 2.60 bits per heavy atom. The molecule has 0 unspecified atom stereocenters. The predicted molar refractivity (Wildman–Crippen MR) is 29.0 cm³/mol. The van der Waals surface area contributed by atoms with Crippen LogP contribution in [0.4, 0.5) is 0 Å². The predicted octanol–water partition coefficient (Wildman–Crippen LogP) is -0.298. The molecule has 0 aromatic carbocycles. The number of nitrogens with one attached hydrogen (secondary N) is 1. The molecule has 5 heavy (non-hydrogen) atoms. The quantitative estimate of drug-likeness (QED) is 0.399. The van der Waals surface area contributed by atoms with E-state index in [2.05, 4.69) is 20.9 Å². The Balaban J connectivity index is 2.40. The van der Waals surface area contributed by atoms with Crippen molar-refractivity contribution in [3.05, 3.63) is 0 Å². The van der Waals surface area contributed by atoms with E-state index in [-0.39, 0.29) is 0 Å². The van der Waals surface area contributed by atoms with Gasteiger partial charge >= 0.3 is 52.3 Å². The van der Waals surface area contributed by atoms with E-state index in [1.807, 2.05) is 0 Å². The van der Waals surface area contributed by atoms with Crippen molar-refractivity contribution < 1.29 is 4.79 Å². The van der Waals surface area contributed by atoms with E-state index in [0.717, 1.165) is 6.41 Å². The summed E-state index contributed by atoms with van der Waals surface area (Å²) in [5.74, 6) is 0. The minimum atomic E-state index is -0.606. The normalized spacial score (nSPS) is 6.60. The number of carbonyl (C=O) groups excluding carboxylic acids is 1.